The standard InChI is InChI=1S/C25H62O6Si5/c1-13-26-35(27-14-2,28-15-3)24-22-20-18-16-17-19-21-23-25-36(29-32(4,5)6,30-33(7,8)9)31-34(10,11)12/h13-25H2,1-12H3. The van der Waals surface area contributed by atoms with Gasteiger partial charge in [-0.05, 0) is 92.5 Å². The number of rotatable bonds is 23. The summed E-state index contributed by atoms with van der Waals surface area (Å²) in [5, 5.41) is 0. The fourth-order valence-electron chi connectivity index (χ4n) is 4.36. The Balaban J connectivity index is 4.58. The van der Waals surface area contributed by atoms with Crippen molar-refractivity contribution in [3.63, 3.8) is 0 Å². The van der Waals surface area contributed by atoms with E-state index in [2.05, 4.69) is 58.9 Å². The van der Waals surface area contributed by atoms with Crippen LogP contribution in [0.25, 0.3) is 0 Å². The van der Waals surface area contributed by atoms with E-state index in [0.29, 0.717) is 19.8 Å². The molecule has 0 rings (SSSR count). The second-order valence-corrected chi connectivity index (χ2v) is 32.4. The second-order valence-electron chi connectivity index (χ2n) is 12.6. The smallest absolute Gasteiger partial charge is 0.417 e. The molecule has 6 nitrogen and oxygen atoms in total. The summed E-state index contributed by atoms with van der Waals surface area (Å²) in [5.41, 5.74) is 0. The molecule has 0 saturated heterocycles. The SMILES string of the molecule is CCO[Si](CCCCCCCCCC[Si](O[Si](C)(C)C)(O[Si](C)(C)C)O[Si](C)(C)C)(OCC)OCC. The van der Waals surface area contributed by atoms with Crippen LogP contribution in [-0.2, 0) is 25.6 Å². The molecule has 0 unspecified atom stereocenters. The van der Waals surface area contributed by atoms with Crippen molar-refractivity contribution in [2.75, 3.05) is 19.8 Å². The second kappa shape index (κ2) is 17.5. The zero-order valence-electron chi connectivity index (χ0n) is 26.1. The van der Waals surface area contributed by atoms with Crippen molar-refractivity contribution in [2.45, 2.75) is 143 Å². The van der Waals surface area contributed by atoms with Gasteiger partial charge in [-0.25, -0.2) is 0 Å². The van der Waals surface area contributed by atoms with Crippen LogP contribution in [0, 0.1) is 0 Å². The third kappa shape index (κ3) is 19.0. The first-order valence-corrected chi connectivity index (χ1v) is 28.6. The van der Waals surface area contributed by atoms with E-state index in [1.807, 2.05) is 20.8 Å². The van der Waals surface area contributed by atoms with Crippen molar-refractivity contribution in [3.05, 3.63) is 0 Å². The highest BCUT2D eigenvalue weighted by molar-refractivity contribution is 6.90. The highest BCUT2D eigenvalue weighted by Crippen LogP contribution is 2.31. The van der Waals surface area contributed by atoms with Crippen LogP contribution >= 0.6 is 0 Å². The van der Waals surface area contributed by atoms with Gasteiger partial charge in [-0.1, -0.05) is 38.5 Å². The molecular formula is C25H62O6Si5. The van der Waals surface area contributed by atoms with Crippen LogP contribution in [0.3, 0.4) is 0 Å². The Hall–Kier alpha value is 0.844. The van der Waals surface area contributed by atoms with Crippen molar-refractivity contribution < 1.29 is 25.6 Å². The zero-order valence-corrected chi connectivity index (χ0v) is 31.1. The molecule has 0 aromatic carbocycles. The Morgan fingerprint density at radius 1 is 0.361 bits per heavy atom. The van der Waals surface area contributed by atoms with Gasteiger partial charge >= 0.3 is 17.6 Å². The molecule has 0 saturated carbocycles. The summed E-state index contributed by atoms with van der Waals surface area (Å²) >= 11 is 0. The summed E-state index contributed by atoms with van der Waals surface area (Å²) in [5.74, 6) is 0. The highest BCUT2D eigenvalue weighted by atomic mass is 28.5. The van der Waals surface area contributed by atoms with Crippen LogP contribution < -0.4 is 0 Å². The maximum Gasteiger partial charge on any atom is 0.500 e. The molecule has 218 valence electrons. The molecule has 0 fully saturated rings. The quantitative estimate of drug-likeness (QED) is 0.0866. The minimum atomic E-state index is -2.67. The van der Waals surface area contributed by atoms with E-state index in [0.717, 1.165) is 24.9 Å². The molecule has 0 aliphatic carbocycles. The largest absolute Gasteiger partial charge is 0.500 e. The molecule has 0 radical (unpaired) electrons. The Bertz CT molecular complexity index is 503. The van der Waals surface area contributed by atoms with Crippen molar-refractivity contribution in [2.24, 2.45) is 0 Å². The molecule has 0 spiro atoms. The Labute approximate surface area is 230 Å². The molecule has 0 N–H and O–H groups in total. The minimum Gasteiger partial charge on any atom is -0.417 e. The molecule has 0 atom stereocenters. The van der Waals surface area contributed by atoms with Crippen LogP contribution in [0.5, 0.6) is 0 Å². The van der Waals surface area contributed by atoms with Crippen LogP contribution in [0.15, 0.2) is 0 Å². The van der Waals surface area contributed by atoms with Gasteiger partial charge in [0.05, 0.1) is 0 Å². The van der Waals surface area contributed by atoms with Gasteiger partial charge in [0.2, 0.25) is 0 Å². The minimum absolute atomic E-state index is 0.658. The van der Waals surface area contributed by atoms with Gasteiger partial charge in [0, 0.05) is 31.9 Å². The average Bonchev–Trinajstić information content (AvgIpc) is 2.66. The predicted molar refractivity (Wildman–Crippen MR) is 166 cm³/mol. The van der Waals surface area contributed by atoms with Crippen molar-refractivity contribution >= 4 is 42.6 Å². The molecule has 0 bridgehead atoms. The number of unbranched alkanes of at least 4 members (excludes halogenated alkanes) is 7. The van der Waals surface area contributed by atoms with Crippen molar-refractivity contribution in [1.82, 2.24) is 0 Å². The van der Waals surface area contributed by atoms with E-state index in [1.54, 1.807) is 0 Å². The topological polar surface area (TPSA) is 55.4 Å². The number of hydrogen-bond donors (Lipinski definition) is 0. The van der Waals surface area contributed by atoms with Gasteiger partial charge in [0.25, 0.3) is 0 Å². The first-order chi connectivity index (χ1) is 16.5. The lowest BCUT2D eigenvalue weighted by Gasteiger charge is -2.43. The number of hydrogen-bond acceptors (Lipinski definition) is 6. The van der Waals surface area contributed by atoms with E-state index in [4.69, 9.17) is 25.6 Å². The molecule has 36 heavy (non-hydrogen) atoms. The fraction of sp³-hybridized carbons (Fsp3) is 1.00. The maximum absolute atomic E-state index is 6.80. The Morgan fingerprint density at radius 3 is 0.861 bits per heavy atom. The summed E-state index contributed by atoms with van der Waals surface area (Å²) in [7, 11) is -10.5. The third-order valence-electron chi connectivity index (χ3n) is 5.19. The maximum atomic E-state index is 6.80. The summed E-state index contributed by atoms with van der Waals surface area (Å²) < 4.78 is 38.3. The first kappa shape index (κ1) is 36.8. The van der Waals surface area contributed by atoms with Gasteiger partial charge in [-0.2, -0.15) is 0 Å². The molecule has 0 amide bonds. The van der Waals surface area contributed by atoms with Crippen molar-refractivity contribution in [1.29, 1.82) is 0 Å². The molecule has 0 aromatic heterocycles. The third-order valence-corrected chi connectivity index (χ3v) is 20.4. The van der Waals surface area contributed by atoms with Gasteiger partial charge < -0.3 is 25.6 Å². The van der Waals surface area contributed by atoms with E-state index < -0.39 is 42.6 Å². The van der Waals surface area contributed by atoms with Crippen LogP contribution in [0.2, 0.25) is 71.0 Å². The summed E-state index contributed by atoms with van der Waals surface area (Å²) in [6.45, 7) is 28.4. The van der Waals surface area contributed by atoms with E-state index in [1.165, 1.54) is 38.5 Å². The van der Waals surface area contributed by atoms with Crippen molar-refractivity contribution in [3.8, 4) is 0 Å². The van der Waals surface area contributed by atoms with E-state index >= 15 is 0 Å². The molecule has 0 aliphatic heterocycles. The fourth-order valence-corrected chi connectivity index (χ4v) is 21.8. The molecule has 0 aromatic rings. The lowest BCUT2D eigenvalue weighted by Crippen LogP contribution is -2.60. The summed E-state index contributed by atoms with van der Waals surface area (Å²) in [4.78, 5) is 0. The average molecular weight is 599 g/mol. The molecular weight excluding hydrogens is 537 g/mol. The predicted octanol–water partition coefficient (Wildman–Crippen LogP) is 8.65. The zero-order chi connectivity index (χ0) is 27.9. The molecule has 0 aliphatic rings. The lowest BCUT2D eigenvalue weighted by atomic mass is 10.1. The van der Waals surface area contributed by atoms with Gasteiger partial charge in [-0.3, -0.25) is 0 Å². The summed E-state index contributed by atoms with van der Waals surface area (Å²) in [6, 6.07) is 1.89. The van der Waals surface area contributed by atoms with Crippen LogP contribution in [0.4, 0.5) is 0 Å². The lowest BCUT2D eigenvalue weighted by molar-refractivity contribution is 0.0706. The highest BCUT2D eigenvalue weighted by Gasteiger charge is 2.49. The monoisotopic (exact) mass is 598 g/mol. The van der Waals surface area contributed by atoms with Crippen LogP contribution in [0.1, 0.15) is 72.1 Å². The Kier molecular flexibility index (Phi) is 17.9. The van der Waals surface area contributed by atoms with E-state index in [-0.39, 0.29) is 0 Å². The summed E-state index contributed by atoms with van der Waals surface area (Å²) in [6.07, 6.45) is 9.82. The van der Waals surface area contributed by atoms with Gasteiger partial charge in [-0.15, -0.1) is 0 Å². The van der Waals surface area contributed by atoms with Gasteiger partial charge in [0.15, 0.2) is 25.0 Å². The molecule has 11 heteroatoms. The van der Waals surface area contributed by atoms with E-state index in [9.17, 15) is 0 Å². The Morgan fingerprint density at radius 2 is 0.611 bits per heavy atom. The molecule has 0 heterocycles. The first-order valence-electron chi connectivity index (χ1n) is 14.5. The normalized spacial score (nSPS) is 14.0. The van der Waals surface area contributed by atoms with Crippen LogP contribution in [-0.4, -0.2) is 62.4 Å². The van der Waals surface area contributed by atoms with Gasteiger partial charge in [0.1, 0.15) is 0 Å².